The molecule has 0 unspecified atom stereocenters. The van der Waals surface area contributed by atoms with Gasteiger partial charge in [-0.3, -0.25) is 14.5 Å². The lowest BCUT2D eigenvalue weighted by Crippen LogP contribution is -2.36. The van der Waals surface area contributed by atoms with Crippen molar-refractivity contribution in [2.45, 2.75) is 51.4 Å². The third kappa shape index (κ3) is 4.17. The molecule has 0 N–H and O–H groups in total. The van der Waals surface area contributed by atoms with E-state index in [1.54, 1.807) is 0 Å². The van der Waals surface area contributed by atoms with Crippen LogP contribution in [0.5, 0.6) is 0 Å². The maximum atomic E-state index is 11.8. The largest absolute Gasteiger partial charge is 0.283 e. The molecule has 3 nitrogen and oxygen atoms in total. The first-order valence-electron chi connectivity index (χ1n) is 6.20. The van der Waals surface area contributed by atoms with Gasteiger partial charge in [0.25, 0.3) is 0 Å². The highest BCUT2D eigenvalue weighted by molar-refractivity contribution is 5.95. The van der Waals surface area contributed by atoms with Gasteiger partial charge in [-0.25, -0.2) is 0 Å². The van der Waals surface area contributed by atoms with Crippen LogP contribution in [0.3, 0.4) is 0 Å². The summed E-state index contributed by atoms with van der Waals surface area (Å²) in [5, 5.41) is 0. The fourth-order valence-electron chi connectivity index (χ4n) is 1.95. The molecule has 1 aliphatic rings. The second kappa shape index (κ2) is 7.20. The summed E-state index contributed by atoms with van der Waals surface area (Å²) < 4.78 is 0. The molecular formula is C13H21NO2. The summed E-state index contributed by atoms with van der Waals surface area (Å²) in [5.74, 6) is 0.0298. The molecule has 3 heteroatoms. The predicted molar refractivity (Wildman–Crippen MR) is 63.9 cm³/mol. The minimum atomic E-state index is 0.0102. The van der Waals surface area contributed by atoms with Crippen LogP contribution in [0.1, 0.15) is 51.4 Å². The standard InChI is InChI=1S/C13H21NO2/c1-2-3-4-6-9-12(15)14-11-8-5-7-10-13(14)16/h2H,1,3-11H2. The molecule has 0 aliphatic carbocycles. The number of likely N-dealkylation sites (tertiary alicyclic amines) is 1. The topological polar surface area (TPSA) is 37.4 Å². The van der Waals surface area contributed by atoms with Crippen LogP contribution in [-0.2, 0) is 9.59 Å². The normalized spacial score (nSPS) is 17.0. The van der Waals surface area contributed by atoms with Crippen molar-refractivity contribution < 1.29 is 9.59 Å². The Balaban J connectivity index is 2.32. The van der Waals surface area contributed by atoms with Crippen molar-refractivity contribution in [2.24, 2.45) is 0 Å². The summed E-state index contributed by atoms with van der Waals surface area (Å²) in [5.41, 5.74) is 0. The molecule has 0 bridgehead atoms. The van der Waals surface area contributed by atoms with E-state index in [0.717, 1.165) is 38.5 Å². The lowest BCUT2D eigenvalue weighted by molar-refractivity contribution is -0.144. The maximum Gasteiger partial charge on any atom is 0.229 e. The molecule has 1 aliphatic heterocycles. The average Bonchev–Trinajstić information content (AvgIpc) is 2.49. The smallest absolute Gasteiger partial charge is 0.229 e. The molecule has 1 saturated heterocycles. The summed E-state index contributed by atoms with van der Waals surface area (Å²) >= 11 is 0. The molecule has 1 rings (SSSR count). The minimum absolute atomic E-state index is 0.0102. The summed E-state index contributed by atoms with van der Waals surface area (Å²) in [6.07, 6.45) is 8.64. The van der Waals surface area contributed by atoms with E-state index in [4.69, 9.17) is 0 Å². The Labute approximate surface area is 97.5 Å². The van der Waals surface area contributed by atoms with Crippen LogP contribution in [0.25, 0.3) is 0 Å². The number of amides is 2. The Hall–Kier alpha value is -1.12. The third-order valence-electron chi connectivity index (χ3n) is 2.92. The Morgan fingerprint density at radius 1 is 1.31 bits per heavy atom. The van der Waals surface area contributed by atoms with Crippen molar-refractivity contribution >= 4 is 11.8 Å². The van der Waals surface area contributed by atoms with E-state index in [0.29, 0.717) is 19.4 Å². The summed E-state index contributed by atoms with van der Waals surface area (Å²) in [6.45, 7) is 4.27. The highest BCUT2D eigenvalue weighted by Gasteiger charge is 2.21. The zero-order valence-corrected chi connectivity index (χ0v) is 9.91. The first-order valence-corrected chi connectivity index (χ1v) is 6.20. The average molecular weight is 223 g/mol. The van der Waals surface area contributed by atoms with Crippen LogP contribution < -0.4 is 0 Å². The molecule has 0 saturated carbocycles. The van der Waals surface area contributed by atoms with Gasteiger partial charge in [-0.15, -0.1) is 6.58 Å². The Morgan fingerprint density at radius 3 is 2.88 bits per heavy atom. The van der Waals surface area contributed by atoms with E-state index < -0.39 is 0 Å². The molecule has 0 atom stereocenters. The van der Waals surface area contributed by atoms with Crippen molar-refractivity contribution in [1.82, 2.24) is 4.90 Å². The number of rotatable bonds is 5. The fourth-order valence-corrected chi connectivity index (χ4v) is 1.95. The van der Waals surface area contributed by atoms with Crippen LogP contribution in [0, 0.1) is 0 Å². The van der Waals surface area contributed by atoms with E-state index in [1.165, 1.54) is 4.90 Å². The van der Waals surface area contributed by atoms with E-state index in [-0.39, 0.29) is 11.8 Å². The second-order valence-corrected chi connectivity index (χ2v) is 4.28. The number of hydrogen-bond acceptors (Lipinski definition) is 2. The van der Waals surface area contributed by atoms with Gasteiger partial charge in [0, 0.05) is 19.4 Å². The fraction of sp³-hybridized carbons (Fsp3) is 0.692. The van der Waals surface area contributed by atoms with Gasteiger partial charge < -0.3 is 0 Å². The minimum Gasteiger partial charge on any atom is -0.283 e. The van der Waals surface area contributed by atoms with Crippen LogP contribution in [-0.4, -0.2) is 23.3 Å². The number of nitrogens with zero attached hydrogens (tertiary/aromatic N) is 1. The monoisotopic (exact) mass is 223 g/mol. The number of allylic oxidation sites excluding steroid dienone is 1. The van der Waals surface area contributed by atoms with Crippen molar-refractivity contribution in [2.75, 3.05) is 6.54 Å². The Bertz CT molecular complexity index is 261. The molecule has 0 aromatic heterocycles. The maximum absolute atomic E-state index is 11.8. The number of hydrogen-bond donors (Lipinski definition) is 0. The van der Waals surface area contributed by atoms with Gasteiger partial charge >= 0.3 is 0 Å². The van der Waals surface area contributed by atoms with Crippen LogP contribution in [0.2, 0.25) is 0 Å². The first-order chi connectivity index (χ1) is 7.75. The quantitative estimate of drug-likeness (QED) is 0.531. The molecule has 0 radical (unpaired) electrons. The van der Waals surface area contributed by atoms with Crippen molar-refractivity contribution in [3.63, 3.8) is 0 Å². The first kappa shape index (κ1) is 12.9. The lowest BCUT2D eigenvalue weighted by atomic mass is 10.1. The summed E-state index contributed by atoms with van der Waals surface area (Å²) in [6, 6.07) is 0. The number of imide groups is 1. The van der Waals surface area contributed by atoms with Crippen LogP contribution >= 0.6 is 0 Å². The van der Waals surface area contributed by atoms with E-state index in [9.17, 15) is 9.59 Å². The molecule has 90 valence electrons. The van der Waals surface area contributed by atoms with E-state index in [1.807, 2.05) is 6.08 Å². The van der Waals surface area contributed by atoms with Gasteiger partial charge in [0.05, 0.1) is 0 Å². The zero-order chi connectivity index (χ0) is 11.8. The number of carbonyl (C=O) groups is 2. The van der Waals surface area contributed by atoms with Crippen LogP contribution in [0.4, 0.5) is 0 Å². The van der Waals surface area contributed by atoms with E-state index >= 15 is 0 Å². The molecular weight excluding hydrogens is 202 g/mol. The molecule has 0 aromatic rings. The van der Waals surface area contributed by atoms with Crippen molar-refractivity contribution in [3.05, 3.63) is 12.7 Å². The van der Waals surface area contributed by atoms with Crippen molar-refractivity contribution in [1.29, 1.82) is 0 Å². The number of unbranched alkanes of at least 4 members (excludes halogenated alkanes) is 2. The third-order valence-corrected chi connectivity index (χ3v) is 2.92. The summed E-state index contributed by atoms with van der Waals surface area (Å²) in [4.78, 5) is 24.9. The van der Waals surface area contributed by atoms with Crippen LogP contribution in [0.15, 0.2) is 12.7 Å². The predicted octanol–water partition coefficient (Wildman–Crippen LogP) is 2.66. The van der Waals surface area contributed by atoms with E-state index in [2.05, 4.69) is 6.58 Å². The van der Waals surface area contributed by atoms with Gasteiger partial charge in [0.1, 0.15) is 0 Å². The zero-order valence-electron chi connectivity index (χ0n) is 9.91. The van der Waals surface area contributed by atoms with Gasteiger partial charge in [0.2, 0.25) is 11.8 Å². The van der Waals surface area contributed by atoms with Crippen molar-refractivity contribution in [3.8, 4) is 0 Å². The molecule has 0 aromatic carbocycles. The highest BCUT2D eigenvalue weighted by Crippen LogP contribution is 2.13. The molecule has 16 heavy (non-hydrogen) atoms. The van der Waals surface area contributed by atoms with Gasteiger partial charge in [-0.2, -0.15) is 0 Å². The molecule has 2 amide bonds. The summed E-state index contributed by atoms with van der Waals surface area (Å²) in [7, 11) is 0. The van der Waals surface area contributed by atoms with Gasteiger partial charge in [0.15, 0.2) is 0 Å². The van der Waals surface area contributed by atoms with Gasteiger partial charge in [-0.05, 0) is 32.1 Å². The Morgan fingerprint density at radius 2 is 2.12 bits per heavy atom. The second-order valence-electron chi connectivity index (χ2n) is 4.28. The SMILES string of the molecule is C=CCCCCC(=O)N1CCCCCC1=O. The van der Waals surface area contributed by atoms with Gasteiger partial charge in [-0.1, -0.05) is 12.5 Å². The number of carbonyl (C=O) groups excluding carboxylic acids is 2. The highest BCUT2D eigenvalue weighted by atomic mass is 16.2. The molecule has 1 heterocycles. The molecule has 0 spiro atoms. The molecule has 1 fully saturated rings. The lowest BCUT2D eigenvalue weighted by Gasteiger charge is -2.18. The Kier molecular flexibility index (Phi) is 5.83.